The van der Waals surface area contributed by atoms with Gasteiger partial charge in [0.05, 0.1) is 18.2 Å². The van der Waals surface area contributed by atoms with Crippen molar-refractivity contribution >= 4 is 6.03 Å². The van der Waals surface area contributed by atoms with Crippen LogP contribution in [0.2, 0.25) is 0 Å². The highest BCUT2D eigenvalue weighted by Gasteiger charge is 2.47. The summed E-state index contributed by atoms with van der Waals surface area (Å²) >= 11 is 0. The molecule has 1 atom stereocenters. The number of aliphatic hydroxyl groups is 1. The summed E-state index contributed by atoms with van der Waals surface area (Å²) in [7, 11) is 0. The number of rotatable bonds is 3. The lowest BCUT2D eigenvalue weighted by molar-refractivity contribution is 0.105. The number of hydrogen-bond donors (Lipinski definition) is 2. The second-order valence-corrected chi connectivity index (χ2v) is 6.20. The van der Waals surface area contributed by atoms with Crippen molar-refractivity contribution in [1.82, 2.24) is 10.2 Å². The summed E-state index contributed by atoms with van der Waals surface area (Å²) in [5.41, 5.74) is -0.201. The summed E-state index contributed by atoms with van der Waals surface area (Å²) in [6, 6.07) is 2.94. The third-order valence-electron chi connectivity index (χ3n) is 4.61. The van der Waals surface area contributed by atoms with Crippen LogP contribution in [-0.4, -0.2) is 35.2 Å². The van der Waals surface area contributed by atoms with Crippen LogP contribution in [0.1, 0.15) is 37.7 Å². The zero-order chi connectivity index (χ0) is 15.7. The van der Waals surface area contributed by atoms with Crippen LogP contribution < -0.4 is 5.32 Å². The van der Waals surface area contributed by atoms with Gasteiger partial charge in [-0.1, -0.05) is 0 Å². The van der Waals surface area contributed by atoms with Crippen LogP contribution in [0.3, 0.4) is 0 Å². The van der Waals surface area contributed by atoms with E-state index >= 15 is 0 Å². The predicted octanol–water partition coefficient (Wildman–Crippen LogP) is 2.51. The molecule has 1 aliphatic carbocycles. The molecular weight excluding hydrogens is 290 g/mol. The summed E-state index contributed by atoms with van der Waals surface area (Å²) in [5.74, 6) is -1.27. The van der Waals surface area contributed by atoms with Crippen LogP contribution in [0.25, 0.3) is 0 Å². The van der Waals surface area contributed by atoms with Crippen LogP contribution in [0.5, 0.6) is 0 Å². The zero-order valence-corrected chi connectivity index (χ0v) is 12.3. The molecule has 2 N–H and O–H groups in total. The summed E-state index contributed by atoms with van der Waals surface area (Å²) in [6.45, 7) is 0.541. The van der Waals surface area contributed by atoms with Gasteiger partial charge < -0.3 is 15.3 Å². The van der Waals surface area contributed by atoms with Gasteiger partial charge in [0, 0.05) is 12.6 Å². The summed E-state index contributed by atoms with van der Waals surface area (Å²) in [5, 5.41) is 12.3. The zero-order valence-electron chi connectivity index (χ0n) is 12.3. The van der Waals surface area contributed by atoms with E-state index in [1.54, 1.807) is 4.90 Å². The van der Waals surface area contributed by atoms with Crippen molar-refractivity contribution in [3.05, 3.63) is 35.4 Å². The van der Waals surface area contributed by atoms with Crippen molar-refractivity contribution in [2.45, 2.75) is 43.7 Å². The fraction of sp³-hybridized carbons (Fsp3) is 0.562. The Kier molecular flexibility index (Phi) is 4.04. The topological polar surface area (TPSA) is 52.6 Å². The van der Waals surface area contributed by atoms with Gasteiger partial charge in [-0.2, -0.15) is 0 Å². The van der Waals surface area contributed by atoms with E-state index < -0.39 is 17.2 Å². The molecule has 0 radical (unpaired) electrons. The van der Waals surface area contributed by atoms with E-state index in [2.05, 4.69) is 5.32 Å². The normalized spacial score (nSPS) is 23.2. The van der Waals surface area contributed by atoms with Crippen molar-refractivity contribution in [3.8, 4) is 0 Å². The van der Waals surface area contributed by atoms with Crippen molar-refractivity contribution in [3.63, 3.8) is 0 Å². The Hall–Kier alpha value is -1.69. The van der Waals surface area contributed by atoms with Gasteiger partial charge in [0.1, 0.15) is 11.6 Å². The molecule has 0 unspecified atom stereocenters. The van der Waals surface area contributed by atoms with E-state index in [-0.39, 0.29) is 18.7 Å². The number of halogens is 2. The first kappa shape index (κ1) is 15.2. The van der Waals surface area contributed by atoms with E-state index in [0.29, 0.717) is 24.9 Å². The second kappa shape index (κ2) is 5.83. The minimum absolute atomic E-state index is 0.0605. The largest absolute Gasteiger partial charge is 0.394 e. The number of carbonyl (C=O) groups excluding carboxylic acids is 1. The third kappa shape index (κ3) is 2.92. The SMILES string of the molecule is O=C(NC1(c2cc(F)cc(F)c2)CC1)N1CCCC[C@@H]1CO. The monoisotopic (exact) mass is 310 g/mol. The number of likely N-dealkylation sites (tertiary alicyclic amines) is 1. The van der Waals surface area contributed by atoms with Gasteiger partial charge in [0.2, 0.25) is 0 Å². The molecule has 1 saturated carbocycles. The summed E-state index contributed by atoms with van der Waals surface area (Å²) < 4.78 is 26.8. The fourth-order valence-electron chi connectivity index (χ4n) is 3.18. The molecule has 2 amide bonds. The van der Waals surface area contributed by atoms with Crippen LogP contribution >= 0.6 is 0 Å². The number of urea groups is 1. The van der Waals surface area contributed by atoms with Gasteiger partial charge in [0.15, 0.2) is 0 Å². The highest BCUT2D eigenvalue weighted by atomic mass is 19.1. The van der Waals surface area contributed by atoms with E-state index in [9.17, 15) is 18.7 Å². The first-order chi connectivity index (χ1) is 10.5. The lowest BCUT2D eigenvalue weighted by Crippen LogP contribution is -2.52. The quantitative estimate of drug-likeness (QED) is 0.901. The maximum Gasteiger partial charge on any atom is 0.318 e. The number of nitrogens with zero attached hydrogens (tertiary/aromatic N) is 1. The van der Waals surface area contributed by atoms with E-state index in [1.165, 1.54) is 12.1 Å². The Morgan fingerprint density at radius 2 is 1.95 bits per heavy atom. The smallest absolute Gasteiger partial charge is 0.318 e. The Balaban J connectivity index is 1.75. The lowest BCUT2D eigenvalue weighted by Gasteiger charge is -2.36. The lowest BCUT2D eigenvalue weighted by atomic mass is 10.0. The van der Waals surface area contributed by atoms with Gasteiger partial charge in [-0.25, -0.2) is 13.6 Å². The van der Waals surface area contributed by atoms with Crippen molar-refractivity contribution < 1.29 is 18.7 Å². The molecule has 1 aliphatic heterocycles. The van der Waals surface area contributed by atoms with Gasteiger partial charge in [-0.05, 0) is 49.8 Å². The molecule has 1 heterocycles. The molecule has 120 valence electrons. The average molecular weight is 310 g/mol. The van der Waals surface area contributed by atoms with Gasteiger partial charge >= 0.3 is 6.03 Å². The standard InChI is InChI=1S/C16H20F2N2O2/c17-12-7-11(8-13(18)9-12)16(4-5-16)19-15(22)20-6-2-1-3-14(20)10-21/h7-9,14,21H,1-6,10H2,(H,19,22)/t14-/m1/s1. The van der Waals surface area contributed by atoms with Crippen molar-refractivity contribution in [2.24, 2.45) is 0 Å². The van der Waals surface area contributed by atoms with Crippen LogP contribution in [0.4, 0.5) is 13.6 Å². The Morgan fingerprint density at radius 3 is 2.55 bits per heavy atom. The van der Waals surface area contributed by atoms with E-state index in [0.717, 1.165) is 25.3 Å². The van der Waals surface area contributed by atoms with Gasteiger partial charge in [0.25, 0.3) is 0 Å². The highest BCUT2D eigenvalue weighted by Crippen LogP contribution is 2.46. The summed E-state index contributed by atoms with van der Waals surface area (Å²) in [6.07, 6.45) is 4.02. The van der Waals surface area contributed by atoms with Crippen LogP contribution in [-0.2, 0) is 5.54 Å². The maximum absolute atomic E-state index is 13.4. The van der Waals surface area contributed by atoms with Crippen LogP contribution in [0.15, 0.2) is 18.2 Å². The minimum atomic E-state index is -0.669. The van der Waals surface area contributed by atoms with Crippen molar-refractivity contribution in [2.75, 3.05) is 13.2 Å². The maximum atomic E-state index is 13.4. The number of nitrogens with one attached hydrogen (secondary N) is 1. The average Bonchev–Trinajstić information content (AvgIpc) is 3.27. The third-order valence-corrected chi connectivity index (χ3v) is 4.61. The molecule has 22 heavy (non-hydrogen) atoms. The fourth-order valence-corrected chi connectivity index (χ4v) is 3.18. The molecule has 0 spiro atoms. The van der Waals surface area contributed by atoms with E-state index in [1.807, 2.05) is 0 Å². The molecule has 0 bridgehead atoms. The Labute approximate surface area is 128 Å². The van der Waals surface area contributed by atoms with Gasteiger partial charge in [-0.15, -0.1) is 0 Å². The Bertz CT molecular complexity index is 555. The van der Waals surface area contributed by atoms with Crippen LogP contribution in [0, 0.1) is 11.6 Å². The molecule has 4 nitrogen and oxygen atoms in total. The number of hydrogen-bond acceptors (Lipinski definition) is 2. The first-order valence-corrected chi connectivity index (χ1v) is 7.70. The highest BCUT2D eigenvalue weighted by molar-refractivity contribution is 5.76. The molecular formula is C16H20F2N2O2. The molecule has 1 aromatic rings. The number of benzene rings is 1. The van der Waals surface area contributed by atoms with Gasteiger partial charge in [-0.3, -0.25) is 0 Å². The number of carbonyl (C=O) groups is 1. The molecule has 2 fully saturated rings. The molecule has 1 saturated heterocycles. The number of aliphatic hydroxyl groups excluding tert-OH is 1. The first-order valence-electron chi connectivity index (χ1n) is 7.70. The second-order valence-electron chi connectivity index (χ2n) is 6.20. The van der Waals surface area contributed by atoms with E-state index in [4.69, 9.17) is 0 Å². The molecule has 6 heteroatoms. The molecule has 2 aliphatic rings. The molecule has 0 aromatic heterocycles. The minimum Gasteiger partial charge on any atom is -0.394 e. The number of piperidine rings is 1. The summed E-state index contributed by atoms with van der Waals surface area (Å²) in [4.78, 5) is 14.1. The molecule has 3 rings (SSSR count). The molecule has 1 aromatic carbocycles. The Morgan fingerprint density at radius 1 is 1.27 bits per heavy atom. The number of amides is 2. The van der Waals surface area contributed by atoms with Crippen molar-refractivity contribution in [1.29, 1.82) is 0 Å². The predicted molar refractivity (Wildman–Crippen MR) is 77.2 cm³/mol.